The molecular formula is C29H43N3O3S2. The van der Waals surface area contributed by atoms with Crippen LogP contribution in [0.5, 0.6) is 0 Å². The second-order valence-electron chi connectivity index (χ2n) is 9.72. The number of aryl methyl sites for hydroxylation is 2. The smallest absolute Gasteiger partial charge is 0.261 e. The third-order valence-electron chi connectivity index (χ3n) is 6.44. The summed E-state index contributed by atoms with van der Waals surface area (Å²) < 4.78 is 28.0. The van der Waals surface area contributed by atoms with Crippen LogP contribution in [0.1, 0.15) is 95.1 Å². The summed E-state index contributed by atoms with van der Waals surface area (Å²) in [7, 11) is -3.71. The summed E-state index contributed by atoms with van der Waals surface area (Å²) in [6, 6.07) is 11.7. The fraction of sp³-hybridized carbons (Fsp3) is 0.517. The SMILES string of the molecule is CCCCCCCCCCCCCC(=O)NC(=S)Nc1ccc(S(=O)(=O)Nc2ccc(C)c(C)c2)cc1. The van der Waals surface area contributed by atoms with Gasteiger partial charge in [-0.25, -0.2) is 8.42 Å². The zero-order valence-corrected chi connectivity index (χ0v) is 24.2. The van der Waals surface area contributed by atoms with E-state index in [9.17, 15) is 13.2 Å². The summed E-state index contributed by atoms with van der Waals surface area (Å²) in [5, 5.41) is 5.85. The van der Waals surface area contributed by atoms with E-state index >= 15 is 0 Å². The largest absolute Gasteiger partial charge is 0.332 e. The second kappa shape index (κ2) is 16.4. The molecule has 1 amide bonds. The van der Waals surface area contributed by atoms with Gasteiger partial charge in [-0.05, 0) is 80.0 Å². The van der Waals surface area contributed by atoms with Crippen LogP contribution in [-0.4, -0.2) is 19.4 Å². The average Bonchev–Trinajstić information content (AvgIpc) is 2.85. The van der Waals surface area contributed by atoms with Crippen LogP contribution in [0.2, 0.25) is 0 Å². The molecule has 0 aromatic heterocycles. The highest BCUT2D eigenvalue weighted by atomic mass is 32.2. The molecule has 6 nitrogen and oxygen atoms in total. The molecule has 8 heteroatoms. The summed E-state index contributed by atoms with van der Waals surface area (Å²) in [6.07, 6.45) is 14.1. The molecule has 0 spiro atoms. The van der Waals surface area contributed by atoms with Crippen molar-refractivity contribution in [3.63, 3.8) is 0 Å². The Balaban J connectivity index is 1.66. The number of hydrogen-bond acceptors (Lipinski definition) is 4. The van der Waals surface area contributed by atoms with Crippen molar-refractivity contribution >= 4 is 44.6 Å². The number of carbonyl (C=O) groups is 1. The van der Waals surface area contributed by atoms with E-state index in [-0.39, 0.29) is 15.9 Å². The van der Waals surface area contributed by atoms with Crippen LogP contribution in [0, 0.1) is 13.8 Å². The average molecular weight is 546 g/mol. The second-order valence-corrected chi connectivity index (χ2v) is 11.8. The van der Waals surface area contributed by atoms with Crippen LogP contribution in [0.15, 0.2) is 47.4 Å². The topological polar surface area (TPSA) is 87.3 Å². The summed E-state index contributed by atoms with van der Waals surface area (Å²) in [6.45, 7) is 6.16. The first-order valence-corrected chi connectivity index (χ1v) is 15.4. The number of thiocarbonyl (C=S) groups is 1. The van der Waals surface area contributed by atoms with Crippen molar-refractivity contribution in [1.82, 2.24) is 5.32 Å². The van der Waals surface area contributed by atoms with E-state index in [1.807, 2.05) is 19.9 Å². The fourth-order valence-electron chi connectivity index (χ4n) is 4.04. The monoisotopic (exact) mass is 545 g/mol. The van der Waals surface area contributed by atoms with Crippen LogP contribution < -0.4 is 15.4 Å². The number of rotatable bonds is 16. The first kappa shape index (κ1) is 30.8. The Morgan fingerprint density at radius 1 is 0.757 bits per heavy atom. The van der Waals surface area contributed by atoms with Crippen molar-refractivity contribution in [3.8, 4) is 0 Å². The zero-order valence-electron chi connectivity index (χ0n) is 22.6. The molecule has 0 saturated heterocycles. The van der Waals surface area contributed by atoms with Gasteiger partial charge in [-0.1, -0.05) is 77.2 Å². The molecule has 0 atom stereocenters. The molecule has 0 fully saturated rings. The number of hydrogen-bond donors (Lipinski definition) is 3. The van der Waals surface area contributed by atoms with Crippen molar-refractivity contribution < 1.29 is 13.2 Å². The van der Waals surface area contributed by atoms with Gasteiger partial charge in [0.05, 0.1) is 4.90 Å². The fourth-order valence-corrected chi connectivity index (χ4v) is 5.32. The Bertz CT molecular complexity index is 1100. The summed E-state index contributed by atoms with van der Waals surface area (Å²) >= 11 is 5.24. The van der Waals surface area contributed by atoms with Gasteiger partial charge in [0.2, 0.25) is 5.91 Å². The lowest BCUT2D eigenvalue weighted by Gasteiger charge is -2.12. The molecule has 0 aliphatic rings. The maximum atomic E-state index is 12.7. The van der Waals surface area contributed by atoms with Crippen molar-refractivity contribution in [3.05, 3.63) is 53.6 Å². The van der Waals surface area contributed by atoms with Gasteiger partial charge in [0, 0.05) is 17.8 Å². The van der Waals surface area contributed by atoms with Gasteiger partial charge >= 0.3 is 0 Å². The quantitative estimate of drug-likeness (QED) is 0.149. The molecule has 0 saturated carbocycles. The Morgan fingerprint density at radius 2 is 1.30 bits per heavy atom. The highest BCUT2D eigenvalue weighted by molar-refractivity contribution is 7.92. The third kappa shape index (κ3) is 12.1. The number of anilines is 2. The van der Waals surface area contributed by atoms with E-state index in [1.54, 1.807) is 24.3 Å². The molecule has 3 N–H and O–H groups in total. The van der Waals surface area contributed by atoms with Gasteiger partial charge in [0.1, 0.15) is 0 Å². The normalized spacial score (nSPS) is 11.2. The van der Waals surface area contributed by atoms with Crippen molar-refractivity contribution in [2.75, 3.05) is 10.0 Å². The zero-order chi connectivity index (χ0) is 27.1. The van der Waals surface area contributed by atoms with Gasteiger partial charge in [0.15, 0.2) is 5.11 Å². The first-order chi connectivity index (χ1) is 17.7. The van der Waals surface area contributed by atoms with Crippen molar-refractivity contribution in [2.45, 2.75) is 103 Å². The van der Waals surface area contributed by atoms with Gasteiger partial charge in [-0.2, -0.15) is 0 Å². The minimum atomic E-state index is -3.71. The van der Waals surface area contributed by atoms with E-state index in [4.69, 9.17) is 12.2 Å². The van der Waals surface area contributed by atoms with Gasteiger partial charge in [-0.3, -0.25) is 9.52 Å². The number of benzene rings is 2. The summed E-state index contributed by atoms with van der Waals surface area (Å²) in [5.74, 6) is -0.106. The lowest BCUT2D eigenvalue weighted by Crippen LogP contribution is -2.33. The molecule has 37 heavy (non-hydrogen) atoms. The van der Waals surface area contributed by atoms with E-state index in [0.29, 0.717) is 17.8 Å². The van der Waals surface area contributed by atoms with E-state index in [1.165, 1.54) is 69.9 Å². The highest BCUT2D eigenvalue weighted by Crippen LogP contribution is 2.20. The number of unbranched alkanes of at least 4 members (excludes halogenated alkanes) is 10. The van der Waals surface area contributed by atoms with Crippen LogP contribution in [-0.2, 0) is 14.8 Å². The lowest BCUT2D eigenvalue weighted by atomic mass is 10.1. The third-order valence-corrected chi connectivity index (χ3v) is 8.04. The predicted octanol–water partition coefficient (Wildman–Crippen LogP) is 7.62. The van der Waals surface area contributed by atoms with E-state index in [2.05, 4.69) is 22.3 Å². The molecule has 0 aliphatic carbocycles. The van der Waals surface area contributed by atoms with E-state index in [0.717, 1.165) is 24.0 Å². The van der Waals surface area contributed by atoms with Gasteiger partial charge in [-0.15, -0.1) is 0 Å². The Labute approximate surface area is 229 Å². The van der Waals surface area contributed by atoms with Crippen LogP contribution >= 0.6 is 12.2 Å². The Hall–Kier alpha value is -2.45. The summed E-state index contributed by atoms with van der Waals surface area (Å²) in [5.41, 5.74) is 3.23. The van der Waals surface area contributed by atoms with E-state index < -0.39 is 10.0 Å². The van der Waals surface area contributed by atoms with Crippen LogP contribution in [0.25, 0.3) is 0 Å². The van der Waals surface area contributed by atoms with Gasteiger partial charge < -0.3 is 10.6 Å². The maximum Gasteiger partial charge on any atom is 0.261 e. The molecule has 204 valence electrons. The first-order valence-electron chi connectivity index (χ1n) is 13.5. The number of carbonyl (C=O) groups excluding carboxylic acids is 1. The molecule has 2 aromatic carbocycles. The minimum absolute atomic E-state index is 0.106. The summed E-state index contributed by atoms with van der Waals surface area (Å²) in [4.78, 5) is 12.3. The molecule has 0 unspecified atom stereocenters. The molecule has 2 rings (SSSR count). The molecule has 0 bridgehead atoms. The number of amides is 1. The van der Waals surface area contributed by atoms with Crippen LogP contribution in [0.4, 0.5) is 11.4 Å². The Kier molecular flexibility index (Phi) is 13.6. The number of sulfonamides is 1. The predicted molar refractivity (Wildman–Crippen MR) is 159 cm³/mol. The molecule has 2 aromatic rings. The number of nitrogens with one attached hydrogen (secondary N) is 3. The standard InChI is InChI=1S/C29H43N3O3S2/c1-4-5-6-7-8-9-10-11-12-13-14-15-28(33)31-29(36)30-25-18-20-27(21-19-25)37(34,35)32-26-17-16-23(2)24(3)22-26/h16-22,32H,4-15H2,1-3H3,(H2,30,31,33,36). The van der Waals surface area contributed by atoms with Gasteiger partial charge in [0.25, 0.3) is 10.0 Å². The lowest BCUT2D eigenvalue weighted by molar-refractivity contribution is -0.119. The maximum absolute atomic E-state index is 12.7. The van der Waals surface area contributed by atoms with Crippen LogP contribution in [0.3, 0.4) is 0 Å². The molecular weight excluding hydrogens is 502 g/mol. The highest BCUT2D eigenvalue weighted by Gasteiger charge is 2.15. The van der Waals surface area contributed by atoms with Crippen molar-refractivity contribution in [2.24, 2.45) is 0 Å². The molecule has 0 radical (unpaired) electrons. The Morgan fingerprint density at radius 3 is 1.86 bits per heavy atom. The molecule has 0 heterocycles. The molecule has 0 aliphatic heterocycles. The minimum Gasteiger partial charge on any atom is -0.332 e. The van der Waals surface area contributed by atoms with Crippen molar-refractivity contribution in [1.29, 1.82) is 0 Å².